The summed E-state index contributed by atoms with van der Waals surface area (Å²) < 4.78 is 22.9. The minimum atomic E-state index is -0.363. The molecule has 0 aliphatic heterocycles. The minimum absolute atomic E-state index is 0.363. The number of methoxy groups -OCH3 is 2. The third-order valence-electron chi connectivity index (χ3n) is 13.1. The van der Waals surface area contributed by atoms with Crippen LogP contribution in [0.2, 0.25) is 0 Å². The maximum atomic E-state index is 6.44. The van der Waals surface area contributed by atoms with Crippen molar-refractivity contribution in [1.29, 1.82) is 0 Å². The number of rotatable bonds is 22. The molecule has 0 aromatic heterocycles. The number of benzene rings is 8. The molecule has 1 atom stereocenters. The van der Waals surface area contributed by atoms with Crippen molar-refractivity contribution >= 4 is 17.1 Å². The van der Waals surface area contributed by atoms with Crippen LogP contribution < -0.4 is 10.2 Å². The topological polar surface area (TPSA) is 52.2 Å². The summed E-state index contributed by atoms with van der Waals surface area (Å²) in [6.45, 7) is 4.99. The van der Waals surface area contributed by atoms with Gasteiger partial charge in [0.25, 0.3) is 0 Å². The Hall–Kier alpha value is -6.64. The first-order valence-corrected chi connectivity index (χ1v) is 23.6. The number of fused-ring (bicyclic) bond motifs is 3. The molecule has 9 rings (SSSR count). The van der Waals surface area contributed by atoms with Crippen molar-refractivity contribution in [2.45, 2.75) is 18.3 Å². The van der Waals surface area contributed by atoms with Crippen molar-refractivity contribution in [3.8, 4) is 55.6 Å². The summed E-state index contributed by atoms with van der Waals surface area (Å²) in [4.78, 5) is 2.40. The number of ether oxygens (including phenoxy) is 4. The zero-order chi connectivity index (χ0) is 45.7. The van der Waals surface area contributed by atoms with E-state index >= 15 is 0 Å². The first-order valence-electron chi connectivity index (χ1n) is 23.6. The lowest BCUT2D eigenvalue weighted by atomic mass is 9.72. The molecule has 338 valence electrons. The van der Waals surface area contributed by atoms with Gasteiger partial charge in [-0.1, -0.05) is 158 Å². The second-order valence-corrected chi connectivity index (χ2v) is 17.1. The zero-order valence-electron chi connectivity index (χ0n) is 38.7. The zero-order valence-corrected chi connectivity index (χ0v) is 38.7. The summed E-state index contributed by atoms with van der Waals surface area (Å²) in [6, 6.07) is 72.9. The van der Waals surface area contributed by atoms with E-state index in [0.29, 0.717) is 39.6 Å². The summed E-state index contributed by atoms with van der Waals surface area (Å²) in [5.74, 6) is 0. The molecule has 67 heavy (non-hydrogen) atoms. The number of hydrogen-bond acceptors (Lipinski definition) is 6. The van der Waals surface area contributed by atoms with Crippen LogP contribution in [0.3, 0.4) is 0 Å². The van der Waals surface area contributed by atoms with Gasteiger partial charge in [0.1, 0.15) is 0 Å². The summed E-state index contributed by atoms with van der Waals surface area (Å²) >= 11 is 0. The van der Waals surface area contributed by atoms with Gasteiger partial charge in [0.05, 0.1) is 33.0 Å². The lowest BCUT2D eigenvalue weighted by molar-refractivity contribution is 0.0214. The predicted molar refractivity (Wildman–Crippen MR) is 277 cm³/mol. The van der Waals surface area contributed by atoms with E-state index in [2.05, 4.69) is 210 Å². The van der Waals surface area contributed by atoms with Crippen molar-refractivity contribution in [3.63, 3.8) is 0 Å². The number of anilines is 3. The molecule has 0 saturated heterocycles. The first kappa shape index (κ1) is 45.5. The van der Waals surface area contributed by atoms with Crippen molar-refractivity contribution in [2.24, 2.45) is 0 Å². The maximum absolute atomic E-state index is 6.44. The van der Waals surface area contributed by atoms with Crippen LogP contribution in [0.25, 0.3) is 55.6 Å². The minimum Gasteiger partial charge on any atom is -0.383 e. The van der Waals surface area contributed by atoms with Gasteiger partial charge in [-0.25, -0.2) is 0 Å². The lowest BCUT2D eigenvalue weighted by Crippen LogP contribution is -2.33. The van der Waals surface area contributed by atoms with Crippen molar-refractivity contribution in [1.82, 2.24) is 5.32 Å². The van der Waals surface area contributed by atoms with Gasteiger partial charge < -0.3 is 29.2 Å². The van der Waals surface area contributed by atoms with Gasteiger partial charge in [0, 0.05) is 49.8 Å². The Morgan fingerprint density at radius 1 is 0.358 bits per heavy atom. The molecule has 0 fully saturated rings. The van der Waals surface area contributed by atoms with Crippen LogP contribution in [0.5, 0.6) is 0 Å². The van der Waals surface area contributed by atoms with E-state index in [1.54, 1.807) is 14.2 Å². The third kappa shape index (κ3) is 10.5. The Balaban J connectivity index is 1.14. The average Bonchev–Trinajstić information content (AvgIpc) is 3.66. The van der Waals surface area contributed by atoms with E-state index in [1.165, 1.54) is 66.8 Å². The van der Waals surface area contributed by atoms with Crippen molar-refractivity contribution < 1.29 is 18.9 Å². The molecule has 0 bridgehead atoms. The molecule has 1 unspecified atom stereocenters. The second kappa shape index (κ2) is 22.2. The molecule has 8 aromatic rings. The Labute approximate surface area is 396 Å². The fraction of sp³-hybridized carbons (Fsp3) is 0.213. The van der Waals surface area contributed by atoms with Gasteiger partial charge in [-0.3, -0.25) is 0 Å². The molecule has 0 radical (unpaired) electrons. The second-order valence-electron chi connectivity index (χ2n) is 17.1. The van der Waals surface area contributed by atoms with Crippen LogP contribution in [-0.2, 0) is 24.4 Å². The molecule has 1 aliphatic carbocycles. The highest BCUT2D eigenvalue weighted by Gasteiger charge is 2.43. The summed E-state index contributed by atoms with van der Waals surface area (Å²) in [5, 5.41) is 3.72. The smallest absolute Gasteiger partial charge is 0.0701 e. The molecule has 0 saturated carbocycles. The fourth-order valence-corrected chi connectivity index (χ4v) is 9.58. The van der Waals surface area contributed by atoms with Crippen LogP contribution >= 0.6 is 0 Å². The van der Waals surface area contributed by atoms with E-state index in [1.807, 2.05) is 0 Å². The van der Waals surface area contributed by atoms with E-state index in [0.717, 1.165) is 43.0 Å². The average molecular weight is 885 g/mol. The molecule has 6 heteroatoms. The Kier molecular flexibility index (Phi) is 15.1. The Bertz CT molecular complexity index is 2700. The molecular weight excluding hydrogens is 825 g/mol. The molecule has 1 N–H and O–H groups in total. The monoisotopic (exact) mass is 884 g/mol. The fourth-order valence-electron chi connectivity index (χ4n) is 9.58. The van der Waals surface area contributed by atoms with Crippen molar-refractivity contribution in [3.05, 3.63) is 211 Å². The van der Waals surface area contributed by atoms with E-state index in [-0.39, 0.29) is 5.41 Å². The number of nitrogens with one attached hydrogen (secondary N) is 1. The van der Waals surface area contributed by atoms with Crippen LogP contribution in [0.1, 0.15) is 24.0 Å². The molecular formula is C61H60N2O4. The largest absolute Gasteiger partial charge is 0.383 e. The molecule has 0 spiro atoms. The van der Waals surface area contributed by atoms with E-state index in [4.69, 9.17) is 18.9 Å². The summed E-state index contributed by atoms with van der Waals surface area (Å²) in [6.07, 6.45) is 1.68. The molecule has 0 heterocycles. The predicted octanol–water partition coefficient (Wildman–Crippen LogP) is 13.8. The maximum Gasteiger partial charge on any atom is 0.0701 e. The normalized spacial score (nSPS) is 13.9. The first-order chi connectivity index (χ1) is 33.1. The lowest BCUT2D eigenvalue weighted by Gasteiger charge is -2.34. The van der Waals surface area contributed by atoms with E-state index < -0.39 is 0 Å². The molecule has 6 nitrogen and oxygen atoms in total. The van der Waals surface area contributed by atoms with Crippen LogP contribution in [-0.4, -0.2) is 67.0 Å². The third-order valence-corrected chi connectivity index (χ3v) is 13.1. The van der Waals surface area contributed by atoms with Gasteiger partial charge in [-0.05, 0) is 129 Å². The van der Waals surface area contributed by atoms with Gasteiger partial charge in [0.2, 0.25) is 0 Å². The highest BCUT2D eigenvalue weighted by molar-refractivity contribution is 5.88. The van der Waals surface area contributed by atoms with Gasteiger partial charge >= 0.3 is 0 Å². The van der Waals surface area contributed by atoms with E-state index in [9.17, 15) is 0 Å². The Morgan fingerprint density at radius 3 is 1.28 bits per heavy atom. The highest BCUT2D eigenvalue weighted by Crippen LogP contribution is 2.55. The van der Waals surface area contributed by atoms with Crippen molar-refractivity contribution in [2.75, 3.05) is 71.9 Å². The SMILES string of the molecule is COCCNCCC1(CCOCCOCCOC)c2cc(-c3ccc(-c4ccccc4)cc3)ccc2-c2ccc(N(c3ccc(-c4ccccc4)cc3)c3ccc(-c4ccccc4)cc3)cc21. The molecule has 8 aromatic carbocycles. The highest BCUT2D eigenvalue weighted by atomic mass is 16.5. The van der Waals surface area contributed by atoms with Gasteiger partial charge in [-0.15, -0.1) is 0 Å². The molecule has 1 aliphatic rings. The summed E-state index contributed by atoms with van der Waals surface area (Å²) in [7, 11) is 3.45. The Morgan fingerprint density at radius 2 is 0.761 bits per heavy atom. The number of nitrogens with zero attached hydrogens (tertiary/aromatic N) is 1. The van der Waals surface area contributed by atoms with Crippen LogP contribution in [0, 0.1) is 0 Å². The number of hydrogen-bond donors (Lipinski definition) is 1. The molecule has 0 amide bonds. The van der Waals surface area contributed by atoms with Crippen LogP contribution in [0.4, 0.5) is 17.1 Å². The van der Waals surface area contributed by atoms with Crippen LogP contribution in [0.15, 0.2) is 200 Å². The van der Waals surface area contributed by atoms with Gasteiger partial charge in [-0.2, -0.15) is 0 Å². The quantitative estimate of drug-likeness (QED) is 0.0685. The summed E-state index contributed by atoms with van der Waals surface area (Å²) in [5.41, 5.74) is 17.7. The standard InChI is InChI=1S/C61H60N2O4/c1-64-39-37-62-36-34-61(35-38-66-42-43-67-41-40-65-2)59-44-53(52-20-18-49(19-21-52)46-12-6-3-7-13-46)26-32-57(59)58-33-31-56(45-60(58)61)63(54-27-22-50(23-28-54)47-14-8-4-9-15-47)55-29-24-51(25-30-55)48-16-10-5-11-17-48/h3-33,44-45,62H,34-43H2,1-2H3. The van der Waals surface area contributed by atoms with Gasteiger partial charge in [0.15, 0.2) is 0 Å².